The Bertz CT molecular complexity index is 871. The molecular weight excluding hydrogens is 421 g/mol. The fraction of sp³-hybridized carbons (Fsp3) is 0.368. The first kappa shape index (κ1) is 23.2. The van der Waals surface area contributed by atoms with Crippen LogP contribution in [0, 0.1) is 0 Å². The van der Waals surface area contributed by atoms with Crippen molar-refractivity contribution in [3.05, 3.63) is 52.5 Å². The molecule has 1 atom stereocenters. The van der Waals surface area contributed by atoms with Crippen molar-refractivity contribution >= 4 is 31.2 Å². The smallest absolute Gasteiger partial charge is 0.469 e. The highest BCUT2D eigenvalue weighted by Gasteiger charge is 2.24. The minimum atomic E-state index is -4.55. The number of rotatable bonds is 9. The summed E-state index contributed by atoms with van der Waals surface area (Å²) in [5.41, 5.74) is 7.18. The van der Waals surface area contributed by atoms with Gasteiger partial charge in [0.05, 0.1) is 11.5 Å². The number of halogens is 1. The maximum atomic E-state index is 10.8. The van der Waals surface area contributed by atoms with E-state index in [2.05, 4.69) is 11.4 Å². The van der Waals surface area contributed by atoms with Crippen LogP contribution in [0.3, 0.4) is 0 Å². The van der Waals surface area contributed by atoms with E-state index >= 15 is 0 Å². The van der Waals surface area contributed by atoms with Crippen molar-refractivity contribution in [1.29, 1.82) is 0 Å². The lowest BCUT2D eigenvalue weighted by Crippen LogP contribution is -2.41. The molecule has 0 radical (unpaired) electrons. The number of phenols is 1. The van der Waals surface area contributed by atoms with Gasteiger partial charge in [-0.1, -0.05) is 42.4 Å². The number of nitrogens with two attached hydrogens (primary N) is 1. The summed E-state index contributed by atoms with van der Waals surface area (Å²) < 4.78 is 15.3. The number of benzene rings is 2. The average Bonchev–Trinajstić information content (AvgIpc) is 2.61. The first-order valence-corrected chi connectivity index (χ1v) is 11.5. The highest BCUT2D eigenvalue weighted by atomic mass is 35.5. The summed E-state index contributed by atoms with van der Waals surface area (Å²) in [5, 5.41) is 10.6. The highest BCUT2D eigenvalue weighted by Crippen LogP contribution is 2.38. The van der Waals surface area contributed by atoms with E-state index in [9.17, 15) is 9.67 Å². The molecule has 154 valence electrons. The molecule has 0 amide bonds. The van der Waals surface area contributed by atoms with E-state index in [-0.39, 0.29) is 12.4 Å². The van der Waals surface area contributed by atoms with Gasteiger partial charge >= 0.3 is 7.82 Å². The Balaban J connectivity index is 2.03. The molecule has 9 heteroatoms. The van der Waals surface area contributed by atoms with Gasteiger partial charge in [0.1, 0.15) is 5.75 Å². The fourth-order valence-electron chi connectivity index (χ4n) is 2.51. The van der Waals surface area contributed by atoms with Gasteiger partial charge in [-0.15, -0.1) is 0 Å². The van der Waals surface area contributed by atoms with Gasteiger partial charge in [0.15, 0.2) is 0 Å². The lowest BCUT2D eigenvalue weighted by atomic mass is 9.95. The molecule has 0 unspecified atom stereocenters. The van der Waals surface area contributed by atoms with Crippen LogP contribution in [0.25, 0.3) is 0 Å². The molecule has 0 heterocycles. The molecule has 0 fully saturated rings. The molecule has 0 aromatic heterocycles. The molecule has 0 saturated carbocycles. The largest absolute Gasteiger partial charge is 0.507 e. The van der Waals surface area contributed by atoms with E-state index in [0.717, 1.165) is 27.3 Å². The second-order valence-electron chi connectivity index (χ2n) is 6.93. The maximum Gasteiger partial charge on any atom is 0.469 e. The second-order valence-corrected chi connectivity index (χ2v) is 9.69. The van der Waals surface area contributed by atoms with Crippen LogP contribution >= 0.6 is 31.2 Å². The lowest BCUT2D eigenvalue weighted by molar-refractivity contribution is 0.154. The van der Waals surface area contributed by atoms with E-state index in [1.807, 2.05) is 30.3 Å². The monoisotopic (exact) mass is 445 g/mol. The summed E-state index contributed by atoms with van der Waals surface area (Å²) in [5.74, 6) is 0.228. The van der Waals surface area contributed by atoms with Crippen molar-refractivity contribution in [3.63, 3.8) is 0 Å². The van der Waals surface area contributed by atoms with Gasteiger partial charge < -0.3 is 20.6 Å². The Labute approximate surface area is 174 Å². The van der Waals surface area contributed by atoms with E-state index in [4.69, 9.17) is 27.1 Å². The quantitative estimate of drug-likeness (QED) is 0.420. The third-order valence-corrected chi connectivity index (χ3v) is 6.07. The van der Waals surface area contributed by atoms with Gasteiger partial charge in [-0.25, -0.2) is 4.57 Å². The fourth-order valence-corrected chi connectivity index (χ4v) is 4.26. The summed E-state index contributed by atoms with van der Waals surface area (Å²) in [6, 6.07) is 11.2. The van der Waals surface area contributed by atoms with Crippen LogP contribution in [0.2, 0.25) is 5.02 Å². The number of aryl methyl sites for hydroxylation is 2. The van der Waals surface area contributed by atoms with Crippen molar-refractivity contribution in [2.75, 3.05) is 6.61 Å². The zero-order valence-corrected chi connectivity index (χ0v) is 18.2. The SMILES string of the molecule is CCc1ccc(O)c(Sc2ccc(CC[C@](C)(N)COP(=O)(O)O)c(Cl)c2)c1. The van der Waals surface area contributed by atoms with E-state index in [1.54, 1.807) is 13.0 Å². The molecule has 0 aliphatic rings. The van der Waals surface area contributed by atoms with Gasteiger partial charge in [0.2, 0.25) is 0 Å². The number of aromatic hydroxyl groups is 1. The third kappa shape index (κ3) is 7.41. The Morgan fingerprint density at radius 2 is 1.96 bits per heavy atom. The Hall–Kier alpha value is -1.05. The number of hydrogen-bond acceptors (Lipinski definition) is 5. The van der Waals surface area contributed by atoms with E-state index < -0.39 is 13.4 Å². The highest BCUT2D eigenvalue weighted by molar-refractivity contribution is 7.99. The van der Waals surface area contributed by atoms with Crippen molar-refractivity contribution in [2.45, 2.75) is 48.4 Å². The summed E-state index contributed by atoms with van der Waals surface area (Å²) in [7, 11) is -4.55. The molecular formula is C19H25ClNO5PS. The first-order chi connectivity index (χ1) is 13.0. The molecule has 0 aliphatic carbocycles. The van der Waals surface area contributed by atoms with Crippen molar-refractivity contribution in [2.24, 2.45) is 5.73 Å². The number of phosphoric ester groups is 1. The molecule has 28 heavy (non-hydrogen) atoms. The van der Waals surface area contributed by atoms with Crippen LogP contribution in [0.1, 0.15) is 31.4 Å². The lowest BCUT2D eigenvalue weighted by Gasteiger charge is -2.24. The van der Waals surface area contributed by atoms with E-state index in [1.165, 1.54) is 11.8 Å². The molecule has 5 N–H and O–H groups in total. The average molecular weight is 446 g/mol. The number of hydrogen-bond donors (Lipinski definition) is 4. The Morgan fingerprint density at radius 3 is 2.57 bits per heavy atom. The summed E-state index contributed by atoms with van der Waals surface area (Å²) in [6.07, 6.45) is 1.87. The summed E-state index contributed by atoms with van der Waals surface area (Å²) in [4.78, 5) is 19.3. The summed E-state index contributed by atoms with van der Waals surface area (Å²) in [6.45, 7) is 3.47. The molecule has 6 nitrogen and oxygen atoms in total. The number of phosphoric acid groups is 1. The molecule has 0 bridgehead atoms. The Kier molecular flexibility index (Phi) is 7.99. The maximum absolute atomic E-state index is 10.8. The van der Waals surface area contributed by atoms with Crippen molar-refractivity contribution in [3.8, 4) is 5.75 Å². The standard InChI is InChI=1S/C19H25ClNO5PS/c1-3-13-4-7-17(22)18(10-13)28-15-6-5-14(16(20)11-15)8-9-19(2,21)12-26-27(23,24)25/h4-7,10-11,22H,3,8-9,12,21H2,1-2H3,(H2,23,24,25)/t19-/m0/s1. The predicted molar refractivity (Wildman–Crippen MR) is 112 cm³/mol. The third-order valence-electron chi connectivity index (χ3n) is 4.21. The van der Waals surface area contributed by atoms with Gasteiger partial charge in [0.25, 0.3) is 0 Å². The number of phenolic OH excluding ortho intramolecular Hbond substituents is 1. The first-order valence-electron chi connectivity index (χ1n) is 8.76. The molecule has 0 aliphatic heterocycles. The van der Waals surface area contributed by atoms with Crippen LogP contribution < -0.4 is 5.73 Å². The van der Waals surface area contributed by atoms with Gasteiger partial charge in [-0.2, -0.15) is 0 Å². The van der Waals surface area contributed by atoms with Crippen LogP contribution in [-0.4, -0.2) is 27.0 Å². The zero-order valence-electron chi connectivity index (χ0n) is 15.8. The van der Waals surface area contributed by atoms with Crippen molar-refractivity contribution < 1.29 is 24.0 Å². The minimum Gasteiger partial charge on any atom is -0.507 e. The topological polar surface area (TPSA) is 113 Å². The van der Waals surface area contributed by atoms with Gasteiger partial charge in [-0.05, 0) is 61.6 Å². The molecule has 2 rings (SSSR count). The van der Waals surface area contributed by atoms with Gasteiger partial charge in [0, 0.05) is 15.5 Å². The molecule has 2 aromatic carbocycles. The van der Waals surface area contributed by atoms with Crippen molar-refractivity contribution in [1.82, 2.24) is 0 Å². The second kappa shape index (κ2) is 9.63. The van der Waals surface area contributed by atoms with Crippen LogP contribution in [0.4, 0.5) is 0 Å². The van der Waals surface area contributed by atoms with Gasteiger partial charge in [-0.3, -0.25) is 4.52 Å². The normalized spacial score (nSPS) is 14.1. The molecule has 0 spiro atoms. The van der Waals surface area contributed by atoms with Crippen LogP contribution in [0.15, 0.2) is 46.2 Å². The zero-order chi connectivity index (χ0) is 20.9. The predicted octanol–water partition coefficient (Wildman–Crippen LogP) is 4.52. The van der Waals surface area contributed by atoms with E-state index in [0.29, 0.717) is 17.9 Å². The van der Waals surface area contributed by atoms with Crippen LogP contribution in [0.5, 0.6) is 5.75 Å². The minimum absolute atomic E-state index is 0.228. The summed E-state index contributed by atoms with van der Waals surface area (Å²) >= 11 is 7.84. The van der Waals surface area contributed by atoms with Crippen LogP contribution in [-0.2, 0) is 21.9 Å². The Morgan fingerprint density at radius 1 is 1.25 bits per heavy atom. The molecule has 0 saturated heterocycles. The molecule has 2 aromatic rings.